The molecule has 0 fully saturated rings. The van der Waals surface area contributed by atoms with E-state index >= 15 is 0 Å². The first-order valence-corrected chi connectivity index (χ1v) is 22.5. The number of allylic oxidation sites excluding steroid dienone is 5. The maximum absolute atomic E-state index is 5.24. The maximum atomic E-state index is 5.24. The zero-order valence-electron chi connectivity index (χ0n) is 34.9. The Kier molecular flexibility index (Phi) is 9.10. The summed E-state index contributed by atoms with van der Waals surface area (Å²) < 4.78 is 0. The molecule has 0 N–H and O–H groups in total. The van der Waals surface area contributed by atoms with E-state index in [2.05, 4.69) is 170 Å². The molecule has 0 amide bonds. The number of aromatic nitrogens is 2. The fourth-order valence-corrected chi connectivity index (χ4v) is 10.8. The molecule has 3 aliphatic rings. The van der Waals surface area contributed by atoms with Gasteiger partial charge in [0.05, 0.1) is 16.7 Å². The summed E-state index contributed by atoms with van der Waals surface area (Å²) in [6, 6.07) is 60.4. The van der Waals surface area contributed by atoms with Crippen molar-refractivity contribution >= 4 is 60.9 Å². The fraction of sp³-hybridized carbons (Fsp3) is 0.133. The quantitative estimate of drug-likeness (QED) is 0.157. The summed E-state index contributed by atoms with van der Waals surface area (Å²) in [5.74, 6) is 0. The first kappa shape index (κ1) is 36.7. The van der Waals surface area contributed by atoms with Crippen LogP contribution in [-0.4, -0.2) is 9.97 Å². The second kappa shape index (κ2) is 15.4. The van der Waals surface area contributed by atoms with E-state index in [-0.39, 0.29) is 0 Å². The van der Waals surface area contributed by atoms with Crippen molar-refractivity contribution < 1.29 is 0 Å². The first-order valence-electron chi connectivity index (χ1n) is 22.5. The van der Waals surface area contributed by atoms with Crippen LogP contribution in [0.4, 0.5) is 0 Å². The minimum Gasteiger partial charge on any atom is -0.254 e. The van der Waals surface area contributed by atoms with Crippen molar-refractivity contribution in [2.75, 3.05) is 0 Å². The zero-order valence-corrected chi connectivity index (χ0v) is 34.9. The van der Waals surface area contributed by atoms with Gasteiger partial charge in [0, 0.05) is 22.5 Å². The minimum absolute atomic E-state index is 0.893. The van der Waals surface area contributed by atoms with Crippen LogP contribution >= 0.6 is 0 Å². The summed E-state index contributed by atoms with van der Waals surface area (Å²) in [6.07, 6.45) is 16.1. The third-order valence-corrected chi connectivity index (χ3v) is 13.7. The molecule has 7 aromatic carbocycles. The van der Waals surface area contributed by atoms with Gasteiger partial charge in [-0.15, -0.1) is 0 Å². The number of pyridine rings is 2. The summed E-state index contributed by atoms with van der Waals surface area (Å²) >= 11 is 0. The van der Waals surface area contributed by atoms with Gasteiger partial charge in [0.1, 0.15) is 0 Å². The van der Waals surface area contributed by atoms with Gasteiger partial charge < -0.3 is 0 Å². The molecule has 296 valence electrons. The van der Waals surface area contributed by atoms with Crippen molar-refractivity contribution in [1.82, 2.24) is 9.97 Å². The molecule has 0 saturated carbocycles. The summed E-state index contributed by atoms with van der Waals surface area (Å²) in [4.78, 5) is 9.97. The molecule has 0 spiro atoms. The lowest BCUT2D eigenvalue weighted by atomic mass is 9.79. The van der Waals surface area contributed by atoms with Crippen LogP contribution in [0.2, 0.25) is 0 Å². The number of hydrogen-bond acceptors (Lipinski definition) is 2. The van der Waals surface area contributed by atoms with Crippen LogP contribution in [0.3, 0.4) is 0 Å². The van der Waals surface area contributed by atoms with E-state index in [9.17, 15) is 0 Å². The minimum atomic E-state index is 0.893. The van der Waals surface area contributed by atoms with E-state index in [1.807, 2.05) is 12.3 Å². The molecule has 62 heavy (non-hydrogen) atoms. The first-order chi connectivity index (χ1) is 30.8. The molecule has 0 saturated heterocycles. The number of benzene rings is 7. The van der Waals surface area contributed by atoms with Crippen molar-refractivity contribution in [3.63, 3.8) is 0 Å². The molecule has 3 aliphatic carbocycles. The van der Waals surface area contributed by atoms with Gasteiger partial charge in [-0.1, -0.05) is 164 Å². The van der Waals surface area contributed by atoms with Crippen LogP contribution in [0.1, 0.15) is 76.6 Å². The van der Waals surface area contributed by atoms with Crippen molar-refractivity contribution in [2.45, 2.75) is 51.4 Å². The lowest BCUT2D eigenvalue weighted by Crippen LogP contribution is -2.10. The van der Waals surface area contributed by atoms with Crippen molar-refractivity contribution in [3.05, 3.63) is 221 Å². The Bertz CT molecular complexity index is 3310. The van der Waals surface area contributed by atoms with E-state index in [0.29, 0.717) is 0 Å². The highest BCUT2D eigenvalue weighted by Crippen LogP contribution is 2.53. The molecule has 2 aromatic heterocycles. The summed E-state index contributed by atoms with van der Waals surface area (Å²) in [5.41, 5.74) is 23.6. The molecule has 2 heteroatoms. The van der Waals surface area contributed by atoms with Gasteiger partial charge in [-0.3, -0.25) is 4.98 Å². The second-order valence-electron chi connectivity index (χ2n) is 17.3. The van der Waals surface area contributed by atoms with Gasteiger partial charge in [-0.2, -0.15) is 0 Å². The summed E-state index contributed by atoms with van der Waals surface area (Å²) in [7, 11) is 0. The lowest BCUT2D eigenvalue weighted by Gasteiger charge is -2.25. The molecular formula is C60H46N2. The van der Waals surface area contributed by atoms with E-state index < -0.39 is 0 Å². The second-order valence-corrected chi connectivity index (χ2v) is 17.3. The Morgan fingerprint density at radius 2 is 1.08 bits per heavy atom. The lowest BCUT2D eigenvalue weighted by molar-refractivity contribution is 0.682. The monoisotopic (exact) mass is 794 g/mol. The third-order valence-electron chi connectivity index (χ3n) is 13.7. The van der Waals surface area contributed by atoms with Crippen LogP contribution < -0.4 is 0 Å². The molecule has 0 unspecified atom stereocenters. The molecule has 9 aromatic rings. The molecule has 0 bridgehead atoms. The number of nitrogens with zero attached hydrogens (tertiary/aromatic N) is 2. The summed E-state index contributed by atoms with van der Waals surface area (Å²) in [5, 5.41) is 4.62. The SMILES string of the molecule is C1=Cc2c3c(cc(C4=C(c5ccccc5)C(c5ccccc5)=C(c5ccc(-c6ccc(-c7ccc8ccc9cccnc9c8n7)c7ccccc67)cc5)C4)c2CCC1)CCCC3. The van der Waals surface area contributed by atoms with Crippen molar-refractivity contribution in [2.24, 2.45) is 0 Å². The smallest absolute Gasteiger partial charge is 0.0972 e. The van der Waals surface area contributed by atoms with E-state index in [1.54, 1.807) is 16.7 Å². The molecule has 0 aliphatic heterocycles. The molecule has 0 atom stereocenters. The van der Waals surface area contributed by atoms with E-state index in [0.717, 1.165) is 52.3 Å². The van der Waals surface area contributed by atoms with Gasteiger partial charge in [0.2, 0.25) is 0 Å². The van der Waals surface area contributed by atoms with E-state index in [1.165, 1.54) is 104 Å². The number of aryl methyl sites for hydroxylation is 1. The molecule has 2 nitrogen and oxygen atoms in total. The van der Waals surface area contributed by atoms with Crippen molar-refractivity contribution in [3.8, 4) is 22.4 Å². The zero-order chi connectivity index (χ0) is 41.0. The summed E-state index contributed by atoms with van der Waals surface area (Å²) in [6.45, 7) is 0. The normalized spacial score (nSPS) is 15.0. The Hall–Kier alpha value is -7.16. The maximum Gasteiger partial charge on any atom is 0.0972 e. The highest BCUT2D eigenvalue weighted by molar-refractivity contribution is 6.27. The Labute approximate surface area is 363 Å². The average molecular weight is 795 g/mol. The number of hydrogen-bond donors (Lipinski definition) is 0. The predicted molar refractivity (Wildman–Crippen MR) is 262 cm³/mol. The Morgan fingerprint density at radius 1 is 0.435 bits per heavy atom. The van der Waals surface area contributed by atoms with Crippen LogP contribution in [0.25, 0.3) is 83.3 Å². The Balaban J connectivity index is 0.986. The molecular weight excluding hydrogens is 749 g/mol. The average Bonchev–Trinajstić information content (AvgIpc) is 3.57. The number of fused-ring (bicyclic) bond motifs is 7. The van der Waals surface area contributed by atoms with Crippen LogP contribution in [-0.2, 0) is 19.3 Å². The van der Waals surface area contributed by atoms with Gasteiger partial charge in [0.15, 0.2) is 0 Å². The van der Waals surface area contributed by atoms with Crippen molar-refractivity contribution in [1.29, 1.82) is 0 Å². The van der Waals surface area contributed by atoms with Crippen LogP contribution in [0.15, 0.2) is 176 Å². The molecule has 0 radical (unpaired) electrons. The van der Waals surface area contributed by atoms with E-state index in [4.69, 9.17) is 9.97 Å². The third kappa shape index (κ3) is 6.24. The van der Waals surface area contributed by atoms with Crippen LogP contribution in [0.5, 0.6) is 0 Å². The highest BCUT2D eigenvalue weighted by atomic mass is 14.8. The Morgan fingerprint density at radius 3 is 1.87 bits per heavy atom. The van der Waals surface area contributed by atoms with Crippen LogP contribution in [0, 0.1) is 0 Å². The van der Waals surface area contributed by atoms with Gasteiger partial charge >= 0.3 is 0 Å². The fourth-order valence-electron chi connectivity index (χ4n) is 10.8. The van der Waals surface area contributed by atoms with Gasteiger partial charge in [-0.05, 0) is 152 Å². The van der Waals surface area contributed by atoms with Gasteiger partial charge in [0.25, 0.3) is 0 Å². The number of rotatable bonds is 6. The predicted octanol–water partition coefficient (Wildman–Crippen LogP) is 15.4. The largest absolute Gasteiger partial charge is 0.254 e. The topological polar surface area (TPSA) is 25.8 Å². The standard InChI is InChI=1S/C60H46N2/c1-4-15-41(16-5-1)57-53(38-55(58(57)42-17-6-2-7-18-42)54-37-45-19-10-11-21-46(45)48-22-8-3-9-23-51(48)54)40-28-26-39(27-29-40)47-33-34-52(50-25-13-12-24-49(47)50)56-35-32-44-31-30-43-20-14-36-61-59(43)60(44)62-56/h1-2,4-8,12-18,20,22,24-37H,3,9-11,19,21,23,38H2. The highest BCUT2D eigenvalue weighted by Gasteiger charge is 2.31. The molecule has 12 rings (SSSR count). The molecule has 2 heterocycles. The van der Waals surface area contributed by atoms with Gasteiger partial charge in [-0.25, -0.2) is 4.98 Å².